The normalized spacial score (nSPS) is 12.8. The molecule has 0 aromatic heterocycles. The molecule has 0 atom stereocenters. The molecule has 1 heterocycles. The van der Waals surface area contributed by atoms with E-state index >= 15 is 0 Å². The first kappa shape index (κ1) is 22.1. The fourth-order valence-corrected chi connectivity index (χ4v) is 4.52. The first-order valence-electron chi connectivity index (χ1n) is 9.25. The number of carbonyl (C=O) groups is 1. The number of aromatic hydroxyl groups is 1. The second kappa shape index (κ2) is 8.78. The van der Waals surface area contributed by atoms with Gasteiger partial charge in [0.05, 0.1) is 21.3 Å². The summed E-state index contributed by atoms with van der Waals surface area (Å²) >= 11 is 12.1. The lowest BCUT2D eigenvalue weighted by Gasteiger charge is -2.20. The van der Waals surface area contributed by atoms with Gasteiger partial charge in [-0.3, -0.25) is 9.52 Å². The van der Waals surface area contributed by atoms with Crippen molar-refractivity contribution in [1.82, 2.24) is 0 Å². The predicted molar refractivity (Wildman–Crippen MR) is 121 cm³/mol. The smallest absolute Gasteiger partial charge is 0.261 e. The Bertz CT molecular complexity index is 1310. The minimum atomic E-state index is -4.02. The first-order valence-corrected chi connectivity index (χ1v) is 11.5. The van der Waals surface area contributed by atoms with E-state index in [0.717, 1.165) is 6.07 Å². The monoisotopic (exact) mass is 494 g/mol. The third-order valence-electron chi connectivity index (χ3n) is 4.46. The van der Waals surface area contributed by atoms with Gasteiger partial charge in [-0.25, -0.2) is 8.42 Å². The van der Waals surface area contributed by atoms with Crippen LogP contribution < -0.4 is 19.5 Å². The number of halogens is 2. The molecule has 4 rings (SSSR count). The van der Waals surface area contributed by atoms with Crippen molar-refractivity contribution in [2.75, 3.05) is 23.3 Å². The van der Waals surface area contributed by atoms with E-state index < -0.39 is 15.9 Å². The summed E-state index contributed by atoms with van der Waals surface area (Å²) in [6.45, 7) is 0.658. The average Bonchev–Trinajstić information content (AvgIpc) is 2.75. The average molecular weight is 495 g/mol. The van der Waals surface area contributed by atoms with Crippen molar-refractivity contribution in [1.29, 1.82) is 0 Å². The van der Waals surface area contributed by atoms with Gasteiger partial charge in [0, 0.05) is 10.6 Å². The van der Waals surface area contributed by atoms with E-state index in [1.54, 1.807) is 12.1 Å². The van der Waals surface area contributed by atoms with Gasteiger partial charge in [-0.05, 0) is 48.5 Å². The van der Waals surface area contributed by atoms with Gasteiger partial charge in [0.25, 0.3) is 15.9 Å². The number of phenols is 1. The Morgan fingerprint density at radius 2 is 1.78 bits per heavy atom. The fourth-order valence-electron chi connectivity index (χ4n) is 2.98. The molecule has 0 radical (unpaired) electrons. The molecule has 166 valence electrons. The van der Waals surface area contributed by atoms with Crippen molar-refractivity contribution in [2.24, 2.45) is 0 Å². The summed E-state index contributed by atoms with van der Waals surface area (Å²) in [6.07, 6.45) is 0. The summed E-state index contributed by atoms with van der Waals surface area (Å²) in [5.74, 6) is -0.280. The molecule has 0 saturated heterocycles. The zero-order valence-electron chi connectivity index (χ0n) is 16.3. The number of benzene rings is 3. The molecular formula is C21H16Cl2N2O6S. The Kier molecular flexibility index (Phi) is 6.05. The number of ether oxygens (including phenoxy) is 2. The number of anilines is 2. The van der Waals surface area contributed by atoms with Crippen LogP contribution in [0.5, 0.6) is 17.2 Å². The molecule has 1 aliphatic heterocycles. The Hall–Kier alpha value is -3.14. The van der Waals surface area contributed by atoms with Crippen LogP contribution in [0.1, 0.15) is 10.4 Å². The Morgan fingerprint density at radius 1 is 1.00 bits per heavy atom. The van der Waals surface area contributed by atoms with E-state index in [-0.39, 0.29) is 32.6 Å². The van der Waals surface area contributed by atoms with Gasteiger partial charge >= 0.3 is 0 Å². The topological polar surface area (TPSA) is 114 Å². The Labute approximate surface area is 193 Å². The molecular weight excluding hydrogens is 479 g/mol. The van der Waals surface area contributed by atoms with Crippen LogP contribution in [0.15, 0.2) is 59.5 Å². The number of sulfonamides is 1. The van der Waals surface area contributed by atoms with Crippen molar-refractivity contribution in [2.45, 2.75) is 4.90 Å². The number of phenolic OH excluding ortho intramolecular Hbond substituents is 1. The lowest BCUT2D eigenvalue weighted by atomic mass is 10.1. The second-order valence-electron chi connectivity index (χ2n) is 6.73. The van der Waals surface area contributed by atoms with E-state index in [4.69, 9.17) is 32.7 Å². The van der Waals surface area contributed by atoms with E-state index in [9.17, 15) is 18.3 Å². The number of carbonyl (C=O) groups excluding carboxylic acids is 1. The number of amides is 1. The highest BCUT2D eigenvalue weighted by Gasteiger charge is 2.21. The molecule has 1 aliphatic rings. The standard InChI is InChI=1S/C21H16Cl2N2O6S/c22-13-2-1-3-14(10-13)25-32(28,29)15-4-5-18(26)17(11-15)24-21(27)12-8-16(23)20-19(9-12)30-6-7-31-20/h1-5,8-11,25-26H,6-7H2,(H,24,27). The minimum absolute atomic E-state index is 0.102. The molecule has 0 fully saturated rings. The molecule has 0 bridgehead atoms. The molecule has 0 unspecified atom stereocenters. The molecule has 32 heavy (non-hydrogen) atoms. The summed E-state index contributed by atoms with van der Waals surface area (Å²) < 4.78 is 38.8. The highest BCUT2D eigenvalue weighted by molar-refractivity contribution is 7.92. The molecule has 3 aromatic rings. The lowest BCUT2D eigenvalue weighted by molar-refractivity contribution is 0.102. The Balaban J connectivity index is 1.59. The third kappa shape index (κ3) is 4.69. The van der Waals surface area contributed by atoms with Gasteiger partial charge in [0.2, 0.25) is 0 Å². The molecule has 11 heteroatoms. The highest BCUT2D eigenvalue weighted by Crippen LogP contribution is 2.38. The molecule has 3 aromatic carbocycles. The number of hydrogen-bond donors (Lipinski definition) is 3. The SMILES string of the molecule is O=C(Nc1cc(S(=O)(=O)Nc2cccc(Cl)c2)ccc1O)c1cc(Cl)c2c(c1)OCCO2. The van der Waals surface area contributed by atoms with Gasteiger partial charge in [-0.2, -0.15) is 0 Å². The molecule has 0 spiro atoms. The van der Waals surface area contributed by atoms with Crippen LogP contribution in [0.3, 0.4) is 0 Å². The maximum absolute atomic E-state index is 12.7. The number of hydrogen-bond acceptors (Lipinski definition) is 6. The van der Waals surface area contributed by atoms with Gasteiger partial charge in [-0.1, -0.05) is 29.3 Å². The quantitative estimate of drug-likeness (QED) is 0.449. The minimum Gasteiger partial charge on any atom is -0.506 e. The van der Waals surface area contributed by atoms with E-state index in [1.165, 1.54) is 36.4 Å². The van der Waals surface area contributed by atoms with Crippen LogP contribution in [-0.2, 0) is 10.0 Å². The van der Waals surface area contributed by atoms with E-state index in [0.29, 0.717) is 29.7 Å². The number of fused-ring (bicyclic) bond motifs is 1. The van der Waals surface area contributed by atoms with Crippen LogP contribution in [-0.4, -0.2) is 32.6 Å². The van der Waals surface area contributed by atoms with E-state index in [1.807, 2.05) is 0 Å². The maximum atomic E-state index is 12.7. The first-order chi connectivity index (χ1) is 15.2. The third-order valence-corrected chi connectivity index (χ3v) is 6.36. The van der Waals surface area contributed by atoms with E-state index in [2.05, 4.69) is 10.0 Å². The van der Waals surface area contributed by atoms with Crippen molar-refractivity contribution < 1.29 is 27.8 Å². The summed E-state index contributed by atoms with van der Waals surface area (Å²) in [5.41, 5.74) is 0.307. The lowest BCUT2D eigenvalue weighted by Crippen LogP contribution is -2.18. The van der Waals surface area contributed by atoms with Crippen molar-refractivity contribution in [3.63, 3.8) is 0 Å². The summed E-state index contributed by atoms with van der Waals surface area (Å²) in [6, 6.07) is 12.6. The molecule has 1 amide bonds. The second-order valence-corrected chi connectivity index (χ2v) is 9.26. The summed E-state index contributed by atoms with van der Waals surface area (Å²) in [7, 11) is -4.02. The van der Waals surface area contributed by atoms with Gasteiger partial charge < -0.3 is 19.9 Å². The van der Waals surface area contributed by atoms with Crippen molar-refractivity contribution in [3.8, 4) is 17.2 Å². The summed E-state index contributed by atoms with van der Waals surface area (Å²) in [5, 5.41) is 13.2. The zero-order chi connectivity index (χ0) is 22.9. The Morgan fingerprint density at radius 3 is 2.56 bits per heavy atom. The number of nitrogens with one attached hydrogen (secondary N) is 2. The zero-order valence-corrected chi connectivity index (χ0v) is 18.6. The van der Waals surface area contributed by atoms with Crippen LogP contribution in [0.4, 0.5) is 11.4 Å². The van der Waals surface area contributed by atoms with Crippen molar-refractivity contribution in [3.05, 3.63) is 70.2 Å². The predicted octanol–water partition coefficient (Wildman–Crippen LogP) is 4.52. The number of rotatable bonds is 5. The van der Waals surface area contributed by atoms with Crippen LogP contribution in [0.25, 0.3) is 0 Å². The maximum Gasteiger partial charge on any atom is 0.261 e. The fraction of sp³-hybridized carbons (Fsp3) is 0.0952. The van der Waals surface area contributed by atoms with Gasteiger partial charge in [-0.15, -0.1) is 0 Å². The van der Waals surface area contributed by atoms with Crippen LogP contribution >= 0.6 is 23.2 Å². The summed E-state index contributed by atoms with van der Waals surface area (Å²) in [4.78, 5) is 12.6. The molecule has 3 N–H and O–H groups in total. The van der Waals surface area contributed by atoms with Crippen LogP contribution in [0, 0.1) is 0 Å². The van der Waals surface area contributed by atoms with Gasteiger partial charge in [0.1, 0.15) is 19.0 Å². The molecule has 0 saturated carbocycles. The van der Waals surface area contributed by atoms with Gasteiger partial charge in [0.15, 0.2) is 11.5 Å². The van der Waals surface area contributed by atoms with Crippen molar-refractivity contribution >= 4 is 50.5 Å². The molecule has 8 nitrogen and oxygen atoms in total. The van der Waals surface area contributed by atoms with Crippen LogP contribution in [0.2, 0.25) is 10.0 Å². The molecule has 0 aliphatic carbocycles. The largest absolute Gasteiger partial charge is 0.506 e. The highest BCUT2D eigenvalue weighted by atomic mass is 35.5.